The van der Waals surface area contributed by atoms with Gasteiger partial charge >= 0.3 is 0 Å². The minimum Gasteiger partial charge on any atom is -0.0661 e. The molecule has 0 N–H and O–H groups in total. The van der Waals surface area contributed by atoms with Crippen molar-refractivity contribution < 1.29 is 0 Å². The second kappa shape index (κ2) is 18.3. The fourth-order valence-electron chi connectivity index (χ4n) is 5.16. The van der Waals surface area contributed by atoms with Crippen LogP contribution >= 0.6 is 0 Å². The average Bonchev–Trinajstić information content (AvgIpc) is 3.51. The number of hydrogen-bond donors (Lipinski definition) is 0. The Morgan fingerprint density at radius 3 is 1.30 bits per heavy atom. The van der Waals surface area contributed by atoms with E-state index in [1.807, 2.05) is 11.1 Å². The largest absolute Gasteiger partial charge is 0.0661 e. The lowest BCUT2D eigenvalue weighted by molar-refractivity contribution is 0.391. The molecule has 0 aromatic heterocycles. The molecule has 0 amide bonds. The average molecular weight is 419 g/mol. The second-order valence-corrected chi connectivity index (χ2v) is 11.0. The van der Waals surface area contributed by atoms with Crippen LogP contribution in [0.25, 0.3) is 0 Å². The van der Waals surface area contributed by atoms with Crippen molar-refractivity contribution in [2.24, 2.45) is 5.41 Å². The Balaban J connectivity index is 1.89. The summed E-state index contributed by atoms with van der Waals surface area (Å²) in [5, 5.41) is 0. The maximum atomic E-state index is 2.51. The van der Waals surface area contributed by atoms with Crippen LogP contribution in [0.4, 0.5) is 0 Å². The molecule has 30 heavy (non-hydrogen) atoms. The molecule has 0 heteroatoms. The van der Waals surface area contributed by atoms with Gasteiger partial charge in [-0.3, -0.25) is 0 Å². The number of rotatable bonds is 23. The highest BCUT2D eigenvalue weighted by molar-refractivity contribution is 5.39. The maximum absolute atomic E-state index is 2.51. The van der Waals surface area contributed by atoms with E-state index in [0.717, 1.165) is 0 Å². The van der Waals surface area contributed by atoms with Crippen molar-refractivity contribution in [3.05, 3.63) is 11.1 Å². The molecule has 0 fully saturated rings. The third-order valence-electron chi connectivity index (χ3n) is 7.50. The maximum Gasteiger partial charge on any atom is -0.00973 e. The zero-order chi connectivity index (χ0) is 21.9. The summed E-state index contributed by atoms with van der Waals surface area (Å²) in [5.74, 6) is 0. The fraction of sp³-hybridized carbons (Fsp3) is 0.933. The molecule has 178 valence electrons. The van der Waals surface area contributed by atoms with E-state index in [9.17, 15) is 0 Å². The topological polar surface area (TPSA) is 0 Å². The Morgan fingerprint density at radius 1 is 0.500 bits per heavy atom. The Bertz CT molecular complexity index is 414. The lowest BCUT2D eigenvalue weighted by Crippen LogP contribution is -2.09. The molecule has 0 unspecified atom stereocenters. The summed E-state index contributed by atoms with van der Waals surface area (Å²) in [6.07, 6.45) is 33.3. The molecule has 0 aromatic rings. The van der Waals surface area contributed by atoms with Crippen molar-refractivity contribution in [2.75, 3.05) is 0 Å². The third-order valence-corrected chi connectivity index (χ3v) is 7.50. The monoisotopic (exact) mass is 418 g/mol. The molecule has 0 aromatic carbocycles. The summed E-state index contributed by atoms with van der Waals surface area (Å²) in [5.41, 5.74) is 4.17. The van der Waals surface area contributed by atoms with Crippen molar-refractivity contribution in [3.8, 4) is 0 Å². The molecule has 0 nitrogen and oxygen atoms in total. The molecule has 1 aliphatic rings. The quantitative estimate of drug-likeness (QED) is 0.114. The van der Waals surface area contributed by atoms with E-state index in [0.29, 0.717) is 5.41 Å². The minimum atomic E-state index is 0.495. The number of unbranched alkanes of at least 4 members (excludes halogenated alkanes) is 18. The van der Waals surface area contributed by atoms with E-state index in [2.05, 4.69) is 27.7 Å². The number of hydrogen-bond acceptors (Lipinski definition) is 0. The summed E-state index contributed by atoms with van der Waals surface area (Å²) in [4.78, 5) is 0. The van der Waals surface area contributed by atoms with Gasteiger partial charge in [0.25, 0.3) is 0 Å². The fourth-order valence-corrected chi connectivity index (χ4v) is 5.16. The highest BCUT2D eigenvalue weighted by Gasteiger charge is 2.33. The van der Waals surface area contributed by atoms with Gasteiger partial charge in [0.2, 0.25) is 0 Å². The van der Waals surface area contributed by atoms with Crippen LogP contribution in [-0.2, 0) is 0 Å². The van der Waals surface area contributed by atoms with Gasteiger partial charge in [-0.15, -0.1) is 0 Å². The Kier molecular flexibility index (Phi) is 17.0. The zero-order valence-electron chi connectivity index (χ0n) is 21.8. The first-order valence-electron chi connectivity index (χ1n) is 14.3. The van der Waals surface area contributed by atoms with E-state index in [4.69, 9.17) is 0 Å². The second-order valence-electron chi connectivity index (χ2n) is 11.0. The first-order chi connectivity index (χ1) is 14.6. The van der Waals surface area contributed by atoms with Crippen LogP contribution in [0, 0.1) is 5.41 Å². The van der Waals surface area contributed by atoms with Crippen LogP contribution in [0.1, 0.15) is 175 Å². The van der Waals surface area contributed by atoms with Gasteiger partial charge in [-0.1, -0.05) is 161 Å². The molecule has 1 aliphatic carbocycles. The first-order valence-corrected chi connectivity index (χ1v) is 14.3. The Hall–Kier alpha value is -0.260. The SMILES string of the molecule is CCCCCCCCCCCCCCCCC(C)(C)C1=C(CCCCCCCC)C1. The van der Waals surface area contributed by atoms with Gasteiger partial charge in [-0.25, -0.2) is 0 Å². The molecule has 0 heterocycles. The molecule has 0 saturated heterocycles. The van der Waals surface area contributed by atoms with E-state index in [1.165, 1.54) is 148 Å². The van der Waals surface area contributed by atoms with Crippen LogP contribution in [0.3, 0.4) is 0 Å². The molecular formula is C30H58. The standard InChI is InChI=1S/C30H58/c1-5-7-9-11-13-14-15-16-17-18-19-20-22-24-26-30(3,4)29-27-28(29)25-23-21-12-10-8-6-2/h5-27H2,1-4H3. The first kappa shape index (κ1) is 27.8. The summed E-state index contributed by atoms with van der Waals surface area (Å²) in [6, 6.07) is 0. The predicted octanol–water partition coefficient (Wildman–Crippen LogP) is 11.3. The van der Waals surface area contributed by atoms with Gasteiger partial charge in [0.05, 0.1) is 0 Å². The predicted molar refractivity (Wildman–Crippen MR) is 138 cm³/mol. The van der Waals surface area contributed by atoms with Gasteiger partial charge in [0.1, 0.15) is 0 Å². The molecule has 0 aliphatic heterocycles. The van der Waals surface area contributed by atoms with Gasteiger partial charge in [0.15, 0.2) is 0 Å². The van der Waals surface area contributed by atoms with Crippen molar-refractivity contribution in [1.82, 2.24) is 0 Å². The van der Waals surface area contributed by atoms with Crippen LogP contribution in [-0.4, -0.2) is 0 Å². The summed E-state index contributed by atoms with van der Waals surface area (Å²) >= 11 is 0. The van der Waals surface area contributed by atoms with Crippen LogP contribution < -0.4 is 0 Å². The summed E-state index contributed by atoms with van der Waals surface area (Å²) in [7, 11) is 0. The van der Waals surface area contributed by atoms with E-state index < -0.39 is 0 Å². The highest BCUT2D eigenvalue weighted by atomic mass is 14.4. The van der Waals surface area contributed by atoms with E-state index in [-0.39, 0.29) is 0 Å². The van der Waals surface area contributed by atoms with Crippen LogP contribution in [0.2, 0.25) is 0 Å². The summed E-state index contributed by atoms with van der Waals surface area (Å²) < 4.78 is 0. The van der Waals surface area contributed by atoms with Gasteiger partial charge in [-0.05, 0) is 31.1 Å². The van der Waals surface area contributed by atoms with E-state index >= 15 is 0 Å². The van der Waals surface area contributed by atoms with Crippen molar-refractivity contribution >= 4 is 0 Å². The third kappa shape index (κ3) is 14.7. The Labute approximate surface area is 192 Å². The number of allylic oxidation sites excluding steroid dienone is 2. The van der Waals surface area contributed by atoms with Crippen molar-refractivity contribution in [3.63, 3.8) is 0 Å². The van der Waals surface area contributed by atoms with Gasteiger partial charge in [0, 0.05) is 0 Å². The molecule has 0 saturated carbocycles. The normalized spacial score (nSPS) is 14.0. The van der Waals surface area contributed by atoms with Crippen LogP contribution in [0.15, 0.2) is 11.1 Å². The molecular weight excluding hydrogens is 360 g/mol. The molecule has 0 atom stereocenters. The molecule has 1 rings (SSSR count). The van der Waals surface area contributed by atoms with Crippen molar-refractivity contribution in [1.29, 1.82) is 0 Å². The molecule has 0 spiro atoms. The highest BCUT2D eigenvalue weighted by Crippen LogP contribution is 2.49. The molecule has 0 radical (unpaired) electrons. The lowest BCUT2D eigenvalue weighted by atomic mass is 9.83. The molecule has 0 bridgehead atoms. The van der Waals surface area contributed by atoms with Crippen molar-refractivity contribution in [2.45, 2.75) is 175 Å². The van der Waals surface area contributed by atoms with Gasteiger partial charge < -0.3 is 0 Å². The van der Waals surface area contributed by atoms with Gasteiger partial charge in [-0.2, -0.15) is 0 Å². The van der Waals surface area contributed by atoms with Crippen LogP contribution in [0.5, 0.6) is 0 Å². The van der Waals surface area contributed by atoms with E-state index in [1.54, 1.807) is 0 Å². The minimum absolute atomic E-state index is 0.495. The Morgan fingerprint density at radius 2 is 0.867 bits per heavy atom. The lowest BCUT2D eigenvalue weighted by Gasteiger charge is -2.21. The smallest absolute Gasteiger partial charge is 0.00973 e. The zero-order valence-corrected chi connectivity index (χ0v) is 21.8. The summed E-state index contributed by atoms with van der Waals surface area (Å²) in [6.45, 7) is 9.64.